The molecule has 0 aromatic carbocycles. The second-order valence-corrected chi connectivity index (χ2v) is 6.47. The molecule has 4 nitrogen and oxygen atoms in total. The van der Waals surface area contributed by atoms with Crippen molar-refractivity contribution in [2.45, 2.75) is 84.1 Å². The van der Waals surface area contributed by atoms with Crippen molar-refractivity contribution in [2.24, 2.45) is 0 Å². The first-order chi connectivity index (χ1) is 8.75. The van der Waals surface area contributed by atoms with E-state index in [1.807, 2.05) is 25.7 Å². The van der Waals surface area contributed by atoms with Crippen LogP contribution in [0.2, 0.25) is 0 Å². The van der Waals surface area contributed by atoms with Gasteiger partial charge in [0.25, 0.3) is 0 Å². The molecule has 0 aromatic rings. The van der Waals surface area contributed by atoms with E-state index in [1.54, 1.807) is 7.11 Å². The van der Waals surface area contributed by atoms with Crippen LogP contribution < -0.4 is 0 Å². The van der Waals surface area contributed by atoms with Gasteiger partial charge < -0.3 is 9.47 Å². The molecule has 1 rings (SSSR count). The third-order valence-corrected chi connectivity index (χ3v) is 3.83. The number of hydrogen-bond donors (Lipinski definition) is 0. The molecular weight excluding hydrogens is 242 g/mol. The van der Waals surface area contributed by atoms with Gasteiger partial charge in [-0.2, -0.15) is 0 Å². The van der Waals surface area contributed by atoms with Gasteiger partial charge in [0.15, 0.2) is 0 Å². The van der Waals surface area contributed by atoms with E-state index in [0.29, 0.717) is 0 Å². The summed E-state index contributed by atoms with van der Waals surface area (Å²) in [6, 6.07) is 0.118. The number of ether oxygens (including phenoxy) is 2. The van der Waals surface area contributed by atoms with Gasteiger partial charge in [0.05, 0.1) is 0 Å². The Morgan fingerprint density at radius 3 is 2.21 bits per heavy atom. The maximum absolute atomic E-state index is 12.5. The number of methoxy groups -OCH3 is 1. The lowest BCUT2D eigenvalue weighted by atomic mass is 10.1. The Hall–Kier alpha value is -0.770. The maximum atomic E-state index is 12.5. The first kappa shape index (κ1) is 16.3. The van der Waals surface area contributed by atoms with E-state index < -0.39 is 11.3 Å². The summed E-state index contributed by atoms with van der Waals surface area (Å²) in [5, 5.41) is 0. The minimum Gasteiger partial charge on any atom is -0.444 e. The molecule has 1 aliphatic rings. The van der Waals surface area contributed by atoms with Crippen LogP contribution in [-0.4, -0.2) is 35.5 Å². The second kappa shape index (κ2) is 6.12. The lowest BCUT2D eigenvalue weighted by Crippen LogP contribution is -2.56. The highest BCUT2D eigenvalue weighted by Gasteiger charge is 2.45. The van der Waals surface area contributed by atoms with Crippen LogP contribution in [0.3, 0.4) is 0 Å². The molecule has 0 heterocycles. The third-order valence-electron chi connectivity index (χ3n) is 3.83. The predicted octanol–water partition coefficient (Wildman–Crippen LogP) is 3.94. The van der Waals surface area contributed by atoms with Crippen molar-refractivity contribution in [2.75, 3.05) is 7.11 Å². The summed E-state index contributed by atoms with van der Waals surface area (Å²) >= 11 is 0. The van der Waals surface area contributed by atoms with Crippen LogP contribution in [0.15, 0.2) is 0 Å². The molecule has 0 spiro atoms. The smallest absolute Gasteiger partial charge is 0.412 e. The highest BCUT2D eigenvalue weighted by atomic mass is 16.6. The Morgan fingerprint density at radius 1 is 1.32 bits per heavy atom. The zero-order valence-electron chi connectivity index (χ0n) is 13.3. The van der Waals surface area contributed by atoms with Crippen molar-refractivity contribution in [1.29, 1.82) is 0 Å². The fourth-order valence-electron chi connectivity index (χ4n) is 2.71. The summed E-state index contributed by atoms with van der Waals surface area (Å²) in [6.07, 6.45) is 4.63. The van der Waals surface area contributed by atoms with Crippen LogP contribution in [0.25, 0.3) is 0 Å². The van der Waals surface area contributed by atoms with Crippen LogP contribution in [0.4, 0.5) is 4.79 Å². The Morgan fingerprint density at radius 2 is 1.84 bits per heavy atom. The van der Waals surface area contributed by atoms with E-state index in [-0.39, 0.29) is 12.1 Å². The summed E-state index contributed by atoms with van der Waals surface area (Å²) in [5.74, 6) is 0. The molecule has 0 saturated heterocycles. The van der Waals surface area contributed by atoms with E-state index in [2.05, 4.69) is 13.8 Å². The molecule has 0 unspecified atom stereocenters. The van der Waals surface area contributed by atoms with Gasteiger partial charge in [-0.3, -0.25) is 4.90 Å². The first-order valence-electron chi connectivity index (χ1n) is 7.33. The average Bonchev–Trinajstić information content (AvgIpc) is 2.76. The van der Waals surface area contributed by atoms with E-state index in [0.717, 1.165) is 32.1 Å². The fourth-order valence-corrected chi connectivity index (χ4v) is 2.71. The van der Waals surface area contributed by atoms with E-state index in [9.17, 15) is 4.79 Å². The molecule has 1 fully saturated rings. The Balaban J connectivity index is 2.97. The van der Waals surface area contributed by atoms with Crippen molar-refractivity contribution in [3.05, 3.63) is 0 Å². The maximum Gasteiger partial charge on any atom is 0.412 e. The van der Waals surface area contributed by atoms with Crippen LogP contribution >= 0.6 is 0 Å². The lowest BCUT2D eigenvalue weighted by Gasteiger charge is -2.43. The monoisotopic (exact) mass is 271 g/mol. The fraction of sp³-hybridized carbons (Fsp3) is 0.933. The minimum atomic E-state index is -0.476. The molecule has 4 heteroatoms. The van der Waals surface area contributed by atoms with Crippen LogP contribution in [0.1, 0.15) is 66.7 Å². The van der Waals surface area contributed by atoms with Crippen molar-refractivity contribution >= 4 is 6.09 Å². The zero-order valence-corrected chi connectivity index (χ0v) is 13.3. The molecule has 1 aliphatic carbocycles. The van der Waals surface area contributed by atoms with Crippen LogP contribution in [0, 0.1) is 0 Å². The molecule has 112 valence electrons. The lowest BCUT2D eigenvalue weighted by molar-refractivity contribution is -0.140. The largest absolute Gasteiger partial charge is 0.444 e. The van der Waals surface area contributed by atoms with Gasteiger partial charge in [-0.1, -0.05) is 6.92 Å². The van der Waals surface area contributed by atoms with Crippen molar-refractivity contribution in [1.82, 2.24) is 4.90 Å². The molecule has 1 amide bonds. The van der Waals surface area contributed by atoms with Gasteiger partial charge in [0.2, 0.25) is 0 Å². The highest BCUT2D eigenvalue weighted by Crippen LogP contribution is 2.38. The van der Waals surface area contributed by atoms with E-state index in [1.165, 1.54) is 0 Å². The number of nitrogens with zero attached hydrogens (tertiary/aromatic N) is 1. The van der Waals surface area contributed by atoms with Gasteiger partial charge >= 0.3 is 6.09 Å². The van der Waals surface area contributed by atoms with E-state index in [4.69, 9.17) is 9.47 Å². The number of carbonyl (C=O) groups is 1. The quantitative estimate of drug-likeness (QED) is 0.727. The standard InChI is InChI=1S/C15H29NO3/c1-7-12(2)16(13(17)19-14(3,4)5)15(18-6)10-8-9-11-15/h12H,7-11H2,1-6H3/t12-/m0/s1. The molecule has 1 saturated carbocycles. The van der Waals surface area contributed by atoms with Crippen LogP contribution in [-0.2, 0) is 9.47 Å². The Kier molecular flexibility index (Phi) is 5.25. The molecule has 0 radical (unpaired) electrons. The van der Waals surface area contributed by atoms with Gasteiger partial charge in [-0.05, 0) is 59.8 Å². The Bertz CT molecular complexity index is 303. The number of rotatable bonds is 4. The van der Waals surface area contributed by atoms with Crippen LogP contribution in [0.5, 0.6) is 0 Å². The van der Waals surface area contributed by atoms with Gasteiger partial charge in [0.1, 0.15) is 11.3 Å². The first-order valence-corrected chi connectivity index (χ1v) is 7.33. The summed E-state index contributed by atoms with van der Waals surface area (Å²) in [5.41, 5.74) is -0.950. The second-order valence-electron chi connectivity index (χ2n) is 6.47. The molecule has 1 atom stereocenters. The summed E-state index contributed by atoms with van der Waals surface area (Å²) in [6.45, 7) is 9.83. The topological polar surface area (TPSA) is 38.8 Å². The predicted molar refractivity (Wildman–Crippen MR) is 76.0 cm³/mol. The molecular formula is C15H29NO3. The molecule has 0 N–H and O–H groups in total. The highest BCUT2D eigenvalue weighted by molar-refractivity contribution is 5.69. The number of amides is 1. The summed E-state index contributed by atoms with van der Waals surface area (Å²) in [7, 11) is 1.70. The molecule has 0 aromatic heterocycles. The number of hydrogen-bond acceptors (Lipinski definition) is 3. The summed E-state index contributed by atoms with van der Waals surface area (Å²) < 4.78 is 11.3. The molecule has 0 bridgehead atoms. The molecule has 19 heavy (non-hydrogen) atoms. The van der Waals surface area contributed by atoms with Gasteiger partial charge in [-0.25, -0.2) is 4.79 Å². The molecule has 0 aliphatic heterocycles. The average molecular weight is 271 g/mol. The number of carbonyl (C=O) groups excluding carboxylic acids is 1. The summed E-state index contributed by atoms with van der Waals surface area (Å²) in [4.78, 5) is 14.4. The van der Waals surface area contributed by atoms with Crippen molar-refractivity contribution in [3.63, 3.8) is 0 Å². The SMILES string of the molecule is CC[C@H](C)N(C(=O)OC(C)(C)C)C1(OC)CCCC1. The van der Waals surface area contributed by atoms with Crippen molar-refractivity contribution < 1.29 is 14.3 Å². The van der Waals surface area contributed by atoms with E-state index >= 15 is 0 Å². The van der Waals surface area contributed by atoms with Gasteiger partial charge in [-0.15, -0.1) is 0 Å². The van der Waals surface area contributed by atoms with Gasteiger partial charge in [0, 0.05) is 13.2 Å². The minimum absolute atomic E-state index is 0.118. The third kappa shape index (κ3) is 3.85. The Labute approximate surface area is 117 Å². The normalized spacial score (nSPS) is 20.1. The zero-order chi connectivity index (χ0) is 14.7. The van der Waals surface area contributed by atoms with Crippen molar-refractivity contribution in [3.8, 4) is 0 Å².